The third-order valence-corrected chi connectivity index (χ3v) is 1.54. The van der Waals surface area contributed by atoms with Gasteiger partial charge < -0.3 is 10.1 Å². The van der Waals surface area contributed by atoms with E-state index in [1.165, 1.54) is 6.07 Å². The van der Waals surface area contributed by atoms with Gasteiger partial charge in [0.15, 0.2) is 6.07 Å². The summed E-state index contributed by atoms with van der Waals surface area (Å²) >= 11 is 0. The lowest BCUT2D eigenvalue weighted by Gasteiger charge is -2.08. The molecule has 0 radical (unpaired) electrons. The van der Waals surface area contributed by atoms with E-state index in [2.05, 4.69) is 5.32 Å². The fourth-order valence-corrected chi connectivity index (χ4v) is 1.00. The van der Waals surface area contributed by atoms with Gasteiger partial charge in [0.1, 0.15) is 5.75 Å². The van der Waals surface area contributed by atoms with Crippen molar-refractivity contribution in [1.82, 2.24) is 0 Å². The molecule has 0 bridgehead atoms. The van der Waals surface area contributed by atoms with Gasteiger partial charge in [-0.15, -0.1) is 0 Å². The van der Waals surface area contributed by atoms with E-state index >= 15 is 0 Å². The predicted octanol–water partition coefficient (Wildman–Crippen LogP) is 1.55. The first-order valence-corrected chi connectivity index (χ1v) is 4.20. The number of ether oxygens (including phenoxy) is 1. The van der Waals surface area contributed by atoms with Gasteiger partial charge in [0, 0.05) is 0 Å². The molecule has 0 saturated carbocycles. The van der Waals surface area contributed by atoms with E-state index in [1.54, 1.807) is 24.3 Å². The fourth-order valence-electron chi connectivity index (χ4n) is 1.00. The molecule has 0 unspecified atom stereocenters. The average molecular weight is 190 g/mol. The maximum absolute atomic E-state index is 10.8. The summed E-state index contributed by atoms with van der Waals surface area (Å²) in [5, 5.41) is 10.7. The number of rotatable bonds is 3. The molecule has 1 aromatic carbocycles. The quantitative estimate of drug-likeness (QED) is 0.735. The van der Waals surface area contributed by atoms with Gasteiger partial charge in [0.05, 0.1) is 12.3 Å². The summed E-state index contributed by atoms with van der Waals surface area (Å²) in [6, 6.07) is 8.45. The number of carbonyl (C=O) groups excluding carboxylic acids is 1. The Labute approximate surface area is 82.1 Å². The molecule has 0 atom stereocenters. The first kappa shape index (κ1) is 10.1. The van der Waals surface area contributed by atoms with E-state index in [0.29, 0.717) is 18.0 Å². The van der Waals surface area contributed by atoms with E-state index in [1.807, 2.05) is 6.92 Å². The smallest absolute Gasteiger partial charge is 0.326 e. The van der Waals surface area contributed by atoms with Crippen molar-refractivity contribution in [2.45, 2.75) is 6.92 Å². The zero-order valence-electron chi connectivity index (χ0n) is 7.78. The van der Waals surface area contributed by atoms with E-state index in [4.69, 9.17) is 10.00 Å². The molecule has 72 valence electrons. The van der Waals surface area contributed by atoms with Crippen LogP contribution in [0.4, 0.5) is 5.69 Å². The second-order valence-electron chi connectivity index (χ2n) is 2.50. The Morgan fingerprint density at radius 2 is 2.29 bits per heavy atom. The van der Waals surface area contributed by atoms with Crippen LogP contribution >= 0.6 is 0 Å². The Morgan fingerprint density at radius 1 is 1.57 bits per heavy atom. The van der Waals surface area contributed by atoms with Crippen molar-refractivity contribution >= 4 is 11.6 Å². The predicted molar refractivity (Wildman–Crippen MR) is 51.9 cm³/mol. The molecule has 1 rings (SSSR count). The highest BCUT2D eigenvalue weighted by atomic mass is 16.5. The molecule has 1 N–H and O–H groups in total. The van der Waals surface area contributed by atoms with Gasteiger partial charge in [0.25, 0.3) is 0 Å². The number of nitrogens with one attached hydrogen (secondary N) is 1. The summed E-state index contributed by atoms with van der Waals surface area (Å²) in [4.78, 5) is 10.8. The van der Waals surface area contributed by atoms with Gasteiger partial charge in [-0.3, -0.25) is 4.79 Å². The van der Waals surface area contributed by atoms with Gasteiger partial charge in [-0.2, -0.15) is 5.26 Å². The summed E-state index contributed by atoms with van der Waals surface area (Å²) < 4.78 is 5.26. The van der Waals surface area contributed by atoms with Crippen molar-refractivity contribution in [2.75, 3.05) is 11.9 Å². The number of anilines is 1. The fraction of sp³-hybridized carbons (Fsp3) is 0.200. The Bertz CT molecular complexity index is 369. The largest absolute Gasteiger partial charge is 0.492 e. The Kier molecular flexibility index (Phi) is 3.50. The van der Waals surface area contributed by atoms with Crippen LogP contribution in [0.15, 0.2) is 24.3 Å². The number of nitriles is 1. The Balaban J connectivity index is 2.85. The number of hydrogen-bond acceptors (Lipinski definition) is 3. The van der Waals surface area contributed by atoms with Gasteiger partial charge >= 0.3 is 5.91 Å². The third-order valence-electron chi connectivity index (χ3n) is 1.54. The summed E-state index contributed by atoms with van der Waals surface area (Å²) in [5.74, 6) is -0.129. The molecule has 0 spiro atoms. The molecule has 0 aliphatic rings. The second-order valence-corrected chi connectivity index (χ2v) is 2.50. The zero-order valence-corrected chi connectivity index (χ0v) is 7.78. The molecule has 0 saturated heterocycles. The lowest BCUT2D eigenvalue weighted by molar-refractivity contribution is -0.111. The average Bonchev–Trinajstić information content (AvgIpc) is 2.21. The standard InChI is InChI=1S/C10H10N2O2/c1-2-14-9-6-4-3-5-8(9)12-10(13)7-11/h3-6H,2H2,1H3,(H,12,13). The SMILES string of the molecule is CCOc1ccccc1NC(=O)C#N. The van der Waals surface area contributed by atoms with E-state index in [-0.39, 0.29) is 0 Å². The minimum absolute atomic E-state index is 0.513. The van der Waals surface area contributed by atoms with Crippen LogP contribution in [0.25, 0.3) is 0 Å². The van der Waals surface area contributed by atoms with Gasteiger partial charge in [-0.25, -0.2) is 0 Å². The van der Waals surface area contributed by atoms with E-state index in [9.17, 15) is 4.79 Å². The minimum atomic E-state index is -0.697. The third kappa shape index (κ3) is 2.49. The molecule has 4 heteroatoms. The van der Waals surface area contributed by atoms with Crippen LogP contribution in [-0.2, 0) is 4.79 Å². The highest BCUT2D eigenvalue weighted by Crippen LogP contribution is 2.23. The number of amides is 1. The number of nitrogens with zero attached hydrogens (tertiary/aromatic N) is 1. The molecule has 0 fully saturated rings. The monoisotopic (exact) mass is 190 g/mol. The molecule has 0 aromatic heterocycles. The molecule has 1 amide bonds. The van der Waals surface area contributed by atoms with Crippen LogP contribution in [0.1, 0.15) is 6.92 Å². The first-order valence-electron chi connectivity index (χ1n) is 4.20. The molecular formula is C10H10N2O2. The molecule has 0 aliphatic carbocycles. The van der Waals surface area contributed by atoms with Crippen molar-refractivity contribution in [3.05, 3.63) is 24.3 Å². The van der Waals surface area contributed by atoms with Gasteiger partial charge in [-0.1, -0.05) is 12.1 Å². The molecule has 1 aromatic rings. The molecular weight excluding hydrogens is 180 g/mol. The summed E-state index contributed by atoms with van der Waals surface area (Å²) in [6.45, 7) is 2.36. The van der Waals surface area contributed by atoms with Crippen molar-refractivity contribution in [1.29, 1.82) is 5.26 Å². The maximum atomic E-state index is 10.8. The highest BCUT2D eigenvalue weighted by Gasteiger charge is 2.04. The number of benzene rings is 1. The number of carbonyl (C=O) groups is 1. The second kappa shape index (κ2) is 4.87. The topological polar surface area (TPSA) is 62.1 Å². The van der Waals surface area contributed by atoms with Crippen LogP contribution in [0.2, 0.25) is 0 Å². The number of hydrogen-bond donors (Lipinski definition) is 1. The van der Waals surface area contributed by atoms with Crippen molar-refractivity contribution in [3.63, 3.8) is 0 Å². The minimum Gasteiger partial charge on any atom is -0.492 e. The zero-order chi connectivity index (χ0) is 10.4. The van der Waals surface area contributed by atoms with E-state index in [0.717, 1.165) is 0 Å². The molecule has 14 heavy (non-hydrogen) atoms. The van der Waals surface area contributed by atoms with Crippen LogP contribution in [0.3, 0.4) is 0 Å². The first-order chi connectivity index (χ1) is 6.77. The van der Waals surface area contributed by atoms with Crippen molar-refractivity contribution in [3.8, 4) is 11.8 Å². The van der Waals surface area contributed by atoms with Crippen molar-refractivity contribution < 1.29 is 9.53 Å². The van der Waals surface area contributed by atoms with Gasteiger partial charge in [0.2, 0.25) is 0 Å². The lowest BCUT2D eigenvalue weighted by atomic mass is 10.3. The van der Waals surface area contributed by atoms with E-state index < -0.39 is 5.91 Å². The molecule has 0 aliphatic heterocycles. The summed E-state index contributed by atoms with van der Waals surface area (Å²) in [6.07, 6.45) is 0. The molecule has 4 nitrogen and oxygen atoms in total. The Morgan fingerprint density at radius 3 is 2.93 bits per heavy atom. The highest BCUT2D eigenvalue weighted by molar-refractivity contribution is 6.03. The maximum Gasteiger partial charge on any atom is 0.326 e. The summed E-state index contributed by atoms with van der Waals surface area (Å²) in [5.41, 5.74) is 0.515. The van der Waals surface area contributed by atoms with Crippen molar-refractivity contribution in [2.24, 2.45) is 0 Å². The normalized spacial score (nSPS) is 8.86. The van der Waals surface area contributed by atoms with Gasteiger partial charge in [-0.05, 0) is 19.1 Å². The Hall–Kier alpha value is -2.02. The van der Waals surface area contributed by atoms with Crippen LogP contribution in [-0.4, -0.2) is 12.5 Å². The van der Waals surface area contributed by atoms with Crippen LogP contribution in [0.5, 0.6) is 5.75 Å². The molecule has 0 heterocycles. The lowest BCUT2D eigenvalue weighted by Crippen LogP contribution is -2.09. The van der Waals surface area contributed by atoms with Crippen LogP contribution in [0, 0.1) is 11.3 Å². The number of para-hydroxylation sites is 2. The summed E-state index contributed by atoms with van der Waals surface area (Å²) in [7, 11) is 0. The van der Waals surface area contributed by atoms with Crippen LogP contribution < -0.4 is 10.1 Å².